The van der Waals surface area contributed by atoms with Crippen molar-refractivity contribution < 1.29 is 9.53 Å². The normalized spacial score (nSPS) is 10.3. The molecule has 3 aromatic heterocycles. The van der Waals surface area contributed by atoms with Gasteiger partial charge in [-0.15, -0.1) is 11.3 Å². The summed E-state index contributed by atoms with van der Waals surface area (Å²) in [7, 11) is 1.53. The van der Waals surface area contributed by atoms with Gasteiger partial charge in [0, 0.05) is 17.4 Å². The lowest BCUT2D eigenvalue weighted by atomic mass is 10.1. The first-order valence-electron chi connectivity index (χ1n) is 7.22. The molecule has 7 nitrogen and oxygen atoms in total. The Morgan fingerprint density at radius 2 is 2.20 bits per heavy atom. The summed E-state index contributed by atoms with van der Waals surface area (Å²) in [6, 6.07) is 5.46. The summed E-state index contributed by atoms with van der Waals surface area (Å²) in [4.78, 5) is 22.3. The van der Waals surface area contributed by atoms with Gasteiger partial charge in [-0.25, -0.2) is 9.97 Å². The fourth-order valence-corrected chi connectivity index (χ4v) is 3.87. The number of carbonyl (C=O) groups is 1. The lowest BCUT2D eigenvalue weighted by Gasteiger charge is -2.06. The molecule has 0 atom stereocenters. The zero-order valence-corrected chi connectivity index (χ0v) is 15.1. The molecule has 0 saturated heterocycles. The molecule has 3 rings (SSSR count). The van der Waals surface area contributed by atoms with Crippen molar-refractivity contribution in [2.75, 3.05) is 12.4 Å². The third-order valence-corrected chi connectivity index (χ3v) is 5.18. The number of aryl methyl sites for hydroxylation is 1. The van der Waals surface area contributed by atoms with Crippen LogP contribution in [0, 0.1) is 18.3 Å². The van der Waals surface area contributed by atoms with E-state index in [1.165, 1.54) is 42.4 Å². The molecule has 9 heteroatoms. The first-order chi connectivity index (χ1) is 12.1. The molecule has 0 radical (unpaired) electrons. The molecule has 1 N–H and O–H groups in total. The van der Waals surface area contributed by atoms with E-state index in [0.717, 1.165) is 9.88 Å². The van der Waals surface area contributed by atoms with Crippen LogP contribution in [-0.2, 0) is 6.42 Å². The minimum absolute atomic E-state index is 0.245. The molecular formula is C16H13N5O2S2. The molecule has 0 unspecified atom stereocenters. The average Bonchev–Trinajstić information content (AvgIpc) is 3.22. The maximum Gasteiger partial charge on any atom is 0.258 e. The Morgan fingerprint density at radius 3 is 2.84 bits per heavy atom. The Bertz CT molecular complexity index is 940. The van der Waals surface area contributed by atoms with Gasteiger partial charge in [0.1, 0.15) is 10.9 Å². The van der Waals surface area contributed by atoms with Crippen LogP contribution in [0.15, 0.2) is 24.5 Å². The van der Waals surface area contributed by atoms with Gasteiger partial charge in [0.25, 0.3) is 5.91 Å². The second kappa shape index (κ2) is 7.38. The number of nitriles is 1. The van der Waals surface area contributed by atoms with E-state index in [2.05, 4.69) is 25.7 Å². The van der Waals surface area contributed by atoms with Crippen LogP contribution in [0.1, 0.15) is 30.8 Å². The number of hydrogen-bond acceptors (Lipinski definition) is 8. The monoisotopic (exact) mass is 371 g/mol. The van der Waals surface area contributed by atoms with Crippen LogP contribution in [0.25, 0.3) is 0 Å². The van der Waals surface area contributed by atoms with Crippen LogP contribution in [0.3, 0.4) is 0 Å². The molecule has 1 amide bonds. The summed E-state index contributed by atoms with van der Waals surface area (Å²) >= 11 is 2.59. The van der Waals surface area contributed by atoms with Gasteiger partial charge in [0.15, 0.2) is 0 Å². The SMILES string of the molecule is COc1ccc(NC(=O)c2c(C)nsc2Cc2ncc(C#N)s2)cn1. The maximum atomic E-state index is 12.7. The minimum atomic E-state index is -0.245. The van der Waals surface area contributed by atoms with E-state index in [0.29, 0.717) is 34.1 Å². The highest BCUT2D eigenvalue weighted by atomic mass is 32.1. The predicted molar refractivity (Wildman–Crippen MR) is 95.2 cm³/mol. The number of ether oxygens (including phenoxy) is 1. The van der Waals surface area contributed by atoms with Crippen molar-refractivity contribution in [3.63, 3.8) is 0 Å². The molecule has 0 aliphatic rings. The van der Waals surface area contributed by atoms with Crippen LogP contribution < -0.4 is 10.1 Å². The minimum Gasteiger partial charge on any atom is -0.481 e. The third kappa shape index (κ3) is 3.81. The van der Waals surface area contributed by atoms with Gasteiger partial charge < -0.3 is 10.1 Å². The van der Waals surface area contributed by atoms with Crippen molar-refractivity contribution >= 4 is 34.5 Å². The van der Waals surface area contributed by atoms with Crippen molar-refractivity contribution in [2.45, 2.75) is 13.3 Å². The number of aromatic nitrogens is 3. The predicted octanol–water partition coefficient (Wildman–Crippen LogP) is 3.03. The highest BCUT2D eigenvalue weighted by molar-refractivity contribution is 7.12. The van der Waals surface area contributed by atoms with E-state index in [4.69, 9.17) is 10.00 Å². The summed E-state index contributed by atoms with van der Waals surface area (Å²) in [5.41, 5.74) is 1.77. The zero-order chi connectivity index (χ0) is 17.8. The highest BCUT2D eigenvalue weighted by Crippen LogP contribution is 2.25. The lowest BCUT2D eigenvalue weighted by molar-refractivity contribution is 0.102. The van der Waals surface area contributed by atoms with Crippen molar-refractivity contribution in [3.8, 4) is 11.9 Å². The number of nitrogens with zero attached hydrogens (tertiary/aromatic N) is 4. The lowest BCUT2D eigenvalue weighted by Crippen LogP contribution is -2.14. The molecule has 126 valence electrons. The molecule has 3 heterocycles. The van der Waals surface area contributed by atoms with E-state index in [-0.39, 0.29) is 5.91 Å². The number of anilines is 1. The first kappa shape index (κ1) is 17.0. The topological polar surface area (TPSA) is 101 Å². The quantitative estimate of drug-likeness (QED) is 0.740. The molecule has 3 aromatic rings. The van der Waals surface area contributed by atoms with Gasteiger partial charge >= 0.3 is 0 Å². The summed E-state index contributed by atoms with van der Waals surface area (Å²) in [6.07, 6.45) is 3.55. The number of nitrogens with one attached hydrogen (secondary N) is 1. The molecule has 0 bridgehead atoms. The molecule has 0 saturated carbocycles. The Balaban J connectivity index is 1.80. The van der Waals surface area contributed by atoms with Gasteiger partial charge in [-0.05, 0) is 24.5 Å². The van der Waals surface area contributed by atoms with Crippen molar-refractivity contribution in [1.29, 1.82) is 5.26 Å². The molecule has 25 heavy (non-hydrogen) atoms. The fourth-order valence-electron chi connectivity index (χ4n) is 2.18. The summed E-state index contributed by atoms with van der Waals surface area (Å²) in [6.45, 7) is 1.80. The van der Waals surface area contributed by atoms with Gasteiger partial charge in [-0.3, -0.25) is 4.79 Å². The maximum absolute atomic E-state index is 12.7. The summed E-state index contributed by atoms with van der Waals surface area (Å²) in [5.74, 6) is 0.231. The van der Waals surface area contributed by atoms with E-state index in [9.17, 15) is 4.79 Å². The van der Waals surface area contributed by atoms with Crippen LogP contribution >= 0.6 is 22.9 Å². The van der Waals surface area contributed by atoms with Crippen molar-refractivity contribution in [3.05, 3.63) is 50.5 Å². The Labute approximate surface area is 152 Å². The van der Waals surface area contributed by atoms with Gasteiger partial charge in [-0.2, -0.15) is 9.64 Å². The smallest absolute Gasteiger partial charge is 0.258 e. The molecule has 0 fully saturated rings. The average molecular weight is 371 g/mol. The standard InChI is InChI=1S/C16H13N5O2S2/c1-9-15(16(22)20-10-3-4-13(23-2)18-7-10)12(25-21-9)5-14-19-8-11(6-17)24-14/h3-4,7-8H,5H2,1-2H3,(H,20,22). The number of thiazole rings is 1. The van der Waals surface area contributed by atoms with E-state index in [1.54, 1.807) is 19.1 Å². The molecule has 0 aliphatic carbocycles. The molecule has 0 aromatic carbocycles. The van der Waals surface area contributed by atoms with E-state index in [1.807, 2.05) is 0 Å². The second-order valence-electron chi connectivity index (χ2n) is 5.02. The molecule has 0 aliphatic heterocycles. The molecular weight excluding hydrogens is 358 g/mol. The first-order valence-corrected chi connectivity index (χ1v) is 8.81. The zero-order valence-electron chi connectivity index (χ0n) is 13.4. The van der Waals surface area contributed by atoms with Crippen LogP contribution in [0.5, 0.6) is 5.88 Å². The third-order valence-electron chi connectivity index (χ3n) is 3.34. The van der Waals surface area contributed by atoms with E-state index < -0.39 is 0 Å². The number of pyridine rings is 1. The van der Waals surface area contributed by atoms with Gasteiger partial charge in [0.2, 0.25) is 5.88 Å². The van der Waals surface area contributed by atoms with Crippen molar-refractivity contribution in [1.82, 2.24) is 14.3 Å². The second-order valence-corrected chi connectivity index (χ2v) is 6.99. The number of hydrogen-bond donors (Lipinski definition) is 1. The Kier molecular flexibility index (Phi) is 5.02. The van der Waals surface area contributed by atoms with Crippen LogP contribution in [0.4, 0.5) is 5.69 Å². The number of methoxy groups -OCH3 is 1. The van der Waals surface area contributed by atoms with Crippen LogP contribution in [-0.4, -0.2) is 27.4 Å². The van der Waals surface area contributed by atoms with Gasteiger partial charge in [0.05, 0.1) is 41.5 Å². The number of amides is 1. The molecule has 0 spiro atoms. The number of rotatable bonds is 5. The van der Waals surface area contributed by atoms with Crippen molar-refractivity contribution in [2.24, 2.45) is 0 Å². The number of carbonyl (C=O) groups excluding carboxylic acids is 1. The largest absolute Gasteiger partial charge is 0.481 e. The van der Waals surface area contributed by atoms with Crippen LogP contribution in [0.2, 0.25) is 0 Å². The summed E-state index contributed by atoms with van der Waals surface area (Å²) < 4.78 is 9.29. The van der Waals surface area contributed by atoms with E-state index >= 15 is 0 Å². The summed E-state index contributed by atoms with van der Waals surface area (Å²) in [5, 5.41) is 12.5. The Hall–Kier alpha value is -2.83. The van der Waals surface area contributed by atoms with Gasteiger partial charge in [-0.1, -0.05) is 0 Å². The highest BCUT2D eigenvalue weighted by Gasteiger charge is 2.20. The Morgan fingerprint density at radius 1 is 1.36 bits per heavy atom. The fraction of sp³-hybridized carbons (Fsp3) is 0.188.